The molecule has 0 N–H and O–H groups in total. The van der Waals surface area contributed by atoms with Crippen LogP contribution in [0.2, 0.25) is 0 Å². The molecule has 8 heteroatoms. The van der Waals surface area contributed by atoms with Crippen LogP contribution in [-0.4, -0.2) is 31.2 Å². The largest absolute Gasteiger partial charge is 0.490 e. The van der Waals surface area contributed by atoms with Gasteiger partial charge in [0.25, 0.3) is 0 Å². The van der Waals surface area contributed by atoms with Crippen molar-refractivity contribution < 1.29 is 23.9 Å². The number of nitro benzene ring substituents is 1. The molecule has 0 atom stereocenters. The highest BCUT2D eigenvalue weighted by molar-refractivity contribution is 9.10. The van der Waals surface area contributed by atoms with Crippen molar-refractivity contribution in [3.8, 4) is 11.5 Å². The van der Waals surface area contributed by atoms with E-state index in [9.17, 15) is 14.9 Å². The summed E-state index contributed by atoms with van der Waals surface area (Å²) in [6.07, 6.45) is 0. The summed E-state index contributed by atoms with van der Waals surface area (Å²) in [5.74, 6) is 0.0598. The average Bonchev–Trinajstić information content (AvgIpc) is 2.59. The summed E-state index contributed by atoms with van der Waals surface area (Å²) in [7, 11) is 1.32. The first kappa shape index (κ1) is 17.7. The Morgan fingerprint density at radius 2 is 1.88 bits per heavy atom. The molecule has 24 heavy (non-hydrogen) atoms. The van der Waals surface area contributed by atoms with Gasteiger partial charge in [-0.2, -0.15) is 0 Å². The lowest BCUT2D eigenvalue weighted by atomic mass is 10.2. The molecule has 0 bridgehead atoms. The zero-order chi connectivity index (χ0) is 17.5. The summed E-state index contributed by atoms with van der Waals surface area (Å²) in [5, 5.41) is 10.9. The van der Waals surface area contributed by atoms with E-state index in [-0.39, 0.29) is 30.2 Å². The predicted molar refractivity (Wildman–Crippen MR) is 89.6 cm³/mol. The van der Waals surface area contributed by atoms with Crippen LogP contribution in [0.3, 0.4) is 0 Å². The minimum atomic E-state index is -0.667. The van der Waals surface area contributed by atoms with Gasteiger partial charge >= 0.3 is 11.7 Å². The Balaban J connectivity index is 1.89. The number of rotatable bonds is 7. The third-order valence-electron chi connectivity index (χ3n) is 3.01. The Labute approximate surface area is 146 Å². The summed E-state index contributed by atoms with van der Waals surface area (Å²) in [5.41, 5.74) is -0.218. The lowest BCUT2D eigenvalue weighted by Gasteiger charge is -2.08. The Morgan fingerprint density at radius 1 is 1.17 bits per heavy atom. The van der Waals surface area contributed by atoms with Crippen molar-refractivity contribution in [3.63, 3.8) is 0 Å². The number of carbonyl (C=O) groups is 1. The Hall–Kier alpha value is -2.61. The van der Waals surface area contributed by atoms with Crippen LogP contribution in [0.5, 0.6) is 11.5 Å². The van der Waals surface area contributed by atoms with Crippen LogP contribution in [0.15, 0.2) is 46.9 Å². The predicted octanol–water partition coefficient (Wildman–Crippen LogP) is 3.60. The third kappa shape index (κ3) is 4.69. The molecule has 126 valence electrons. The molecule has 0 radical (unpaired) electrons. The number of benzene rings is 2. The highest BCUT2D eigenvalue weighted by atomic mass is 79.9. The summed E-state index contributed by atoms with van der Waals surface area (Å²) >= 11 is 3.32. The highest BCUT2D eigenvalue weighted by Crippen LogP contribution is 2.27. The van der Waals surface area contributed by atoms with Gasteiger partial charge in [0.2, 0.25) is 0 Å². The summed E-state index contributed by atoms with van der Waals surface area (Å²) in [6.45, 7) is 0.195. The van der Waals surface area contributed by atoms with Gasteiger partial charge in [-0.25, -0.2) is 4.79 Å². The molecule has 0 saturated heterocycles. The topological polar surface area (TPSA) is 87.9 Å². The number of hydrogen-bond donors (Lipinski definition) is 0. The molecule has 0 unspecified atom stereocenters. The van der Waals surface area contributed by atoms with Gasteiger partial charge in [-0.1, -0.05) is 15.9 Å². The molecule has 0 amide bonds. The van der Waals surface area contributed by atoms with Crippen LogP contribution >= 0.6 is 15.9 Å². The fourth-order valence-electron chi connectivity index (χ4n) is 1.87. The maximum absolute atomic E-state index is 11.9. The Morgan fingerprint density at radius 3 is 2.50 bits per heavy atom. The molecule has 2 aromatic rings. The van der Waals surface area contributed by atoms with E-state index >= 15 is 0 Å². The molecule has 2 aromatic carbocycles. The number of nitrogens with zero attached hydrogens (tertiary/aromatic N) is 1. The van der Waals surface area contributed by atoms with Crippen molar-refractivity contribution in [1.29, 1.82) is 0 Å². The first-order valence-corrected chi connectivity index (χ1v) is 7.68. The Kier molecular flexibility index (Phi) is 6.14. The average molecular weight is 396 g/mol. The number of methoxy groups -OCH3 is 1. The lowest BCUT2D eigenvalue weighted by molar-refractivity contribution is -0.385. The lowest BCUT2D eigenvalue weighted by Crippen LogP contribution is -2.12. The smallest absolute Gasteiger partial charge is 0.338 e. The molecule has 2 rings (SSSR count). The van der Waals surface area contributed by atoms with E-state index in [1.165, 1.54) is 19.2 Å². The number of carbonyl (C=O) groups excluding carboxylic acids is 1. The second-order valence-electron chi connectivity index (χ2n) is 4.58. The van der Waals surface area contributed by atoms with Gasteiger partial charge in [-0.15, -0.1) is 0 Å². The van der Waals surface area contributed by atoms with Gasteiger partial charge in [-0.3, -0.25) is 10.1 Å². The van der Waals surface area contributed by atoms with Crippen molar-refractivity contribution in [1.82, 2.24) is 0 Å². The quantitative estimate of drug-likeness (QED) is 0.308. The van der Waals surface area contributed by atoms with Crippen LogP contribution in [-0.2, 0) is 4.74 Å². The third-order valence-corrected chi connectivity index (χ3v) is 3.54. The molecular formula is C16H14BrNO6. The number of halogens is 1. The first-order valence-electron chi connectivity index (χ1n) is 6.89. The maximum atomic E-state index is 11.9. The van der Waals surface area contributed by atoms with E-state index in [1.807, 2.05) is 12.1 Å². The zero-order valence-electron chi connectivity index (χ0n) is 12.7. The maximum Gasteiger partial charge on any atom is 0.338 e. The van der Waals surface area contributed by atoms with E-state index in [2.05, 4.69) is 15.9 Å². The summed E-state index contributed by atoms with van der Waals surface area (Å²) < 4.78 is 16.3. The van der Waals surface area contributed by atoms with E-state index in [0.29, 0.717) is 5.75 Å². The fraction of sp³-hybridized carbons (Fsp3) is 0.188. The zero-order valence-corrected chi connectivity index (χ0v) is 14.3. The molecular weight excluding hydrogens is 382 g/mol. The van der Waals surface area contributed by atoms with Crippen LogP contribution < -0.4 is 9.47 Å². The van der Waals surface area contributed by atoms with Crippen molar-refractivity contribution >= 4 is 27.6 Å². The number of esters is 1. The monoisotopic (exact) mass is 395 g/mol. The minimum Gasteiger partial charge on any atom is -0.490 e. The standard InChI is InChI=1S/C16H14BrNO6/c1-22-15-7-2-11(10-14(15)18(20)21)16(19)24-9-8-23-13-5-3-12(17)4-6-13/h2-7,10H,8-9H2,1H3. The highest BCUT2D eigenvalue weighted by Gasteiger charge is 2.18. The molecule has 0 heterocycles. The van der Waals surface area contributed by atoms with Gasteiger partial charge in [0.15, 0.2) is 5.75 Å². The number of nitro groups is 1. The summed E-state index contributed by atoms with van der Waals surface area (Å²) in [6, 6.07) is 11.1. The van der Waals surface area contributed by atoms with Crippen molar-refractivity contribution in [2.24, 2.45) is 0 Å². The number of ether oxygens (including phenoxy) is 3. The Bertz CT molecular complexity index is 732. The molecule has 0 aliphatic heterocycles. The van der Waals surface area contributed by atoms with Crippen LogP contribution in [0, 0.1) is 10.1 Å². The minimum absolute atomic E-state index is 0.0225. The molecule has 0 fully saturated rings. The molecule has 0 aliphatic carbocycles. The number of hydrogen-bond acceptors (Lipinski definition) is 6. The second-order valence-corrected chi connectivity index (χ2v) is 5.50. The van der Waals surface area contributed by atoms with Crippen LogP contribution in [0.1, 0.15) is 10.4 Å². The molecule has 0 spiro atoms. The first-order chi connectivity index (χ1) is 11.5. The van der Waals surface area contributed by atoms with E-state index in [4.69, 9.17) is 14.2 Å². The van der Waals surface area contributed by atoms with Gasteiger partial charge in [0.05, 0.1) is 17.6 Å². The van der Waals surface area contributed by atoms with Crippen molar-refractivity contribution in [2.45, 2.75) is 0 Å². The van der Waals surface area contributed by atoms with Crippen LogP contribution in [0.4, 0.5) is 5.69 Å². The van der Waals surface area contributed by atoms with Crippen molar-refractivity contribution in [3.05, 3.63) is 62.6 Å². The van der Waals surface area contributed by atoms with Gasteiger partial charge < -0.3 is 14.2 Å². The molecule has 0 aliphatic rings. The second kappa shape index (κ2) is 8.30. The van der Waals surface area contributed by atoms with Crippen LogP contribution in [0.25, 0.3) is 0 Å². The normalized spacial score (nSPS) is 10.1. The molecule has 0 aromatic heterocycles. The van der Waals surface area contributed by atoms with E-state index in [0.717, 1.165) is 10.5 Å². The van der Waals surface area contributed by atoms with Crippen molar-refractivity contribution in [2.75, 3.05) is 20.3 Å². The van der Waals surface area contributed by atoms with E-state index in [1.54, 1.807) is 12.1 Å². The van der Waals surface area contributed by atoms with Gasteiger partial charge in [0.1, 0.15) is 19.0 Å². The van der Waals surface area contributed by atoms with Gasteiger partial charge in [-0.05, 0) is 36.4 Å². The fourth-order valence-corrected chi connectivity index (χ4v) is 2.13. The molecule has 7 nitrogen and oxygen atoms in total. The van der Waals surface area contributed by atoms with E-state index < -0.39 is 10.9 Å². The molecule has 0 saturated carbocycles. The SMILES string of the molecule is COc1ccc(C(=O)OCCOc2ccc(Br)cc2)cc1[N+](=O)[O-]. The van der Waals surface area contributed by atoms with Gasteiger partial charge in [0, 0.05) is 10.5 Å². The summed E-state index contributed by atoms with van der Waals surface area (Å²) in [4.78, 5) is 22.3.